The molecule has 0 spiro atoms. The lowest BCUT2D eigenvalue weighted by Gasteiger charge is -2.07. The number of carboxylic acids is 1. The summed E-state index contributed by atoms with van der Waals surface area (Å²) < 4.78 is 5.08. The number of benzene rings is 2. The highest BCUT2D eigenvalue weighted by Gasteiger charge is 2.30. The molecule has 0 radical (unpaired) electrons. The third-order valence-electron chi connectivity index (χ3n) is 3.82. The summed E-state index contributed by atoms with van der Waals surface area (Å²) in [6.45, 7) is 0. The number of hydrogen-bond donors (Lipinski definition) is 2. The molecule has 0 saturated carbocycles. The molecule has 1 heterocycles. The Labute approximate surface area is 159 Å². The highest BCUT2D eigenvalue weighted by atomic mass is 32.2. The van der Waals surface area contributed by atoms with Gasteiger partial charge in [0.15, 0.2) is 16.7 Å². The van der Waals surface area contributed by atoms with Crippen molar-refractivity contribution in [2.45, 2.75) is 0 Å². The first-order valence-corrected chi connectivity index (χ1v) is 8.67. The molecular weight excluding hydrogens is 368 g/mol. The van der Waals surface area contributed by atoms with Crippen LogP contribution in [-0.2, 0) is 4.79 Å². The van der Waals surface area contributed by atoms with Gasteiger partial charge in [-0.1, -0.05) is 12.1 Å². The largest absolute Gasteiger partial charge is 0.504 e. The lowest BCUT2D eigenvalue weighted by atomic mass is 10.2. The molecule has 0 aliphatic carbocycles. The number of carbonyl (C=O) groups is 2. The maximum absolute atomic E-state index is 12.5. The predicted octanol–water partition coefficient (Wildman–Crippen LogP) is 3.33. The van der Waals surface area contributed by atoms with Gasteiger partial charge in [0.25, 0.3) is 5.91 Å². The number of rotatable bonds is 4. The fourth-order valence-corrected chi connectivity index (χ4v) is 3.39. The zero-order valence-electron chi connectivity index (χ0n) is 14.5. The number of phenols is 1. The minimum Gasteiger partial charge on any atom is -0.504 e. The van der Waals surface area contributed by atoms with E-state index in [1.54, 1.807) is 37.4 Å². The van der Waals surface area contributed by atoms with Crippen LogP contribution < -0.4 is 4.74 Å². The van der Waals surface area contributed by atoms with Gasteiger partial charge in [-0.15, -0.1) is 0 Å². The van der Waals surface area contributed by atoms with E-state index < -0.39 is 5.97 Å². The van der Waals surface area contributed by atoms with Crippen LogP contribution in [0.3, 0.4) is 0 Å². The van der Waals surface area contributed by atoms with Gasteiger partial charge in [-0.3, -0.25) is 9.69 Å². The number of thioether (sulfide) groups is 1. The van der Waals surface area contributed by atoms with E-state index in [0.717, 1.165) is 0 Å². The minimum atomic E-state index is -1.04. The summed E-state index contributed by atoms with van der Waals surface area (Å²) in [6, 6.07) is 11.0. The van der Waals surface area contributed by atoms with Gasteiger partial charge < -0.3 is 14.9 Å². The third kappa shape index (κ3) is 3.95. The number of carboxylic acid groups (broad SMARTS) is 1. The summed E-state index contributed by atoms with van der Waals surface area (Å²) >= 11 is 1.19. The Balaban J connectivity index is 1.91. The summed E-state index contributed by atoms with van der Waals surface area (Å²) in [6.07, 6.45) is 1.68. The van der Waals surface area contributed by atoms with Gasteiger partial charge in [0.05, 0.1) is 23.3 Å². The molecule has 138 valence electrons. The zero-order chi connectivity index (χ0) is 19.6. The van der Waals surface area contributed by atoms with Crippen LogP contribution in [-0.4, -0.2) is 46.3 Å². The topological polar surface area (TPSA) is 99.4 Å². The van der Waals surface area contributed by atoms with Gasteiger partial charge in [0, 0.05) is 7.05 Å². The number of amides is 1. The first-order chi connectivity index (χ1) is 12.9. The maximum Gasteiger partial charge on any atom is 0.335 e. The summed E-state index contributed by atoms with van der Waals surface area (Å²) in [4.78, 5) is 29.8. The number of phenolic OH excluding ortho intramolecular Hbond substituents is 1. The molecule has 0 bridgehead atoms. The van der Waals surface area contributed by atoms with E-state index in [1.165, 1.54) is 42.0 Å². The van der Waals surface area contributed by atoms with Crippen LogP contribution in [0, 0.1) is 0 Å². The lowest BCUT2D eigenvalue weighted by molar-refractivity contribution is -0.121. The van der Waals surface area contributed by atoms with E-state index >= 15 is 0 Å². The standard InChI is InChI=1S/C19H16N2O5S/c1-21-17(23)16(9-11-6-7-14(22)15(8-11)26-2)27-19(21)20-13-5-3-4-12(10-13)18(24)25/h3-10,22H,1-2H3,(H,24,25)/b16-9-,20-19?. The Morgan fingerprint density at radius 3 is 2.74 bits per heavy atom. The van der Waals surface area contributed by atoms with Gasteiger partial charge in [0.2, 0.25) is 0 Å². The van der Waals surface area contributed by atoms with Crippen molar-refractivity contribution in [2.75, 3.05) is 14.2 Å². The van der Waals surface area contributed by atoms with Crippen LogP contribution in [0.2, 0.25) is 0 Å². The first kappa shape index (κ1) is 18.5. The van der Waals surface area contributed by atoms with Gasteiger partial charge >= 0.3 is 5.97 Å². The number of likely N-dealkylation sites (N-methyl/N-ethyl adjacent to an activating group) is 1. The highest BCUT2D eigenvalue weighted by Crippen LogP contribution is 2.34. The molecule has 0 aromatic heterocycles. The van der Waals surface area contributed by atoms with E-state index in [0.29, 0.717) is 27.1 Å². The fraction of sp³-hybridized carbons (Fsp3) is 0.105. The molecule has 2 N–H and O–H groups in total. The second-order valence-corrected chi connectivity index (χ2v) is 6.67. The second-order valence-electron chi connectivity index (χ2n) is 5.66. The van der Waals surface area contributed by atoms with Crippen molar-refractivity contribution in [1.82, 2.24) is 4.90 Å². The number of nitrogens with zero attached hydrogens (tertiary/aromatic N) is 2. The van der Waals surface area contributed by atoms with Crippen molar-refractivity contribution >= 4 is 40.6 Å². The monoisotopic (exact) mass is 384 g/mol. The molecule has 7 nitrogen and oxygen atoms in total. The molecule has 1 fully saturated rings. The average Bonchev–Trinajstić information content (AvgIpc) is 2.91. The maximum atomic E-state index is 12.5. The molecule has 0 atom stereocenters. The van der Waals surface area contributed by atoms with Crippen molar-refractivity contribution in [3.63, 3.8) is 0 Å². The van der Waals surface area contributed by atoms with E-state index in [4.69, 9.17) is 9.84 Å². The average molecular weight is 384 g/mol. The van der Waals surface area contributed by atoms with E-state index in [2.05, 4.69) is 4.99 Å². The Morgan fingerprint density at radius 1 is 1.26 bits per heavy atom. The van der Waals surface area contributed by atoms with Crippen molar-refractivity contribution in [3.8, 4) is 11.5 Å². The molecule has 8 heteroatoms. The van der Waals surface area contributed by atoms with Gasteiger partial charge in [-0.25, -0.2) is 9.79 Å². The van der Waals surface area contributed by atoms with Crippen LogP contribution in [0.1, 0.15) is 15.9 Å². The van der Waals surface area contributed by atoms with Crippen molar-refractivity contribution in [2.24, 2.45) is 4.99 Å². The molecule has 1 aliphatic rings. The Bertz CT molecular complexity index is 984. The number of carbonyl (C=O) groups excluding carboxylic acids is 1. The van der Waals surface area contributed by atoms with E-state index in [-0.39, 0.29) is 17.2 Å². The van der Waals surface area contributed by atoms with Crippen LogP contribution in [0.15, 0.2) is 52.4 Å². The molecule has 0 unspecified atom stereocenters. The first-order valence-electron chi connectivity index (χ1n) is 7.85. The minimum absolute atomic E-state index is 0.0164. The van der Waals surface area contributed by atoms with Crippen molar-refractivity contribution in [1.29, 1.82) is 0 Å². The molecule has 2 aromatic rings. The summed E-state index contributed by atoms with van der Waals surface area (Å²) in [5.74, 6) is -0.933. The summed E-state index contributed by atoms with van der Waals surface area (Å²) in [7, 11) is 3.05. The van der Waals surface area contributed by atoms with Crippen LogP contribution in [0.25, 0.3) is 6.08 Å². The zero-order valence-corrected chi connectivity index (χ0v) is 15.4. The third-order valence-corrected chi connectivity index (χ3v) is 4.88. The lowest BCUT2D eigenvalue weighted by Crippen LogP contribution is -2.23. The molecular formula is C19H16N2O5S. The Morgan fingerprint density at radius 2 is 2.04 bits per heavy atom. The predicted molar refractivity (Wildman–Crippen MR) is 103 cm³/mol. The van der Waals surface area contributed by atoms with Crippen LogP contribution in [0.4, 0.5) is 5.69 Å². The normalized spacial score (nSPS) is 17.0. The number of aliphatic imine (C=N–C) groups is 1. The van der Waals surface area contributed by atoms with Gasteiger partial charge in [-0.2, -0.15) is 0 Å². The molecule has 1 amide bonds. The van der Waals surface area contributed by atoms with E-state index in [1.807, 2.05) is 0 Å². The summed E-state index contributed by atoms with van der Waals surface area (Å²) in [5, 5.41) is 19.2. The molecule has 3 rings (SSSR count). The smallest absolute Gasteiger partial charge is 0.335 e. The van der Waals surface area contributed by atoms with Gasteiger partial charge in [-0.05, 0) is 53.7 Å². The van der Waals surface area contributed by atoms with Gasteiger partial charge in [0.1, 0.15) is 0 Å². The Hall–Kier alpha value is -3.26. The number of aromatic carboxylic acids is 1. The van der Waals surface area contributed by atoms with Crippen molar-refractivity contribution < 1.29 is 24.5 Å². The number of amidine groups is 1. The fourth-order valence-electron chi connectivity index (χ4n) is 2.41. The number of methoxy groups -OCH3 is 1. The summed E-state index contributed by atoms with van der Waals surface area (Å²) in [5.41, 5.74) is 1.27. The Kier molecular flexibility index (Phi) is 5.18. The number of hydrogen-bond acceptors (Lipinski definition) is 6. The molecule has 27 heavy (non-hydrogen) atoms. The molecule has 2 aromatic carbocycles. The highest BCUT2D eigenvalue weighted by molar-refractivity contribution is 8.18. The quantitative estimate of drug-likeness (QED) is 0.785. The van der Waals surface area contributed by atoms with Crippen LogP contribution in [0.5, 0.6) is 11.5 Å². The van der Waals surface area contributed by atoms with Crippen molar-refractivity contribution in [3.05, 3.63) is 58.5 Å². The SMILES string of the molecule is COc1cc(/C=C2\SC(=Nc3cccc(C(=O)O)c3)N(C)C2=O)ccc1O. The number of ether oxygens (including phenoxy) is 1. The van der Waals surface area contributed by atoms with E-state index in [9.17, 15) is 14.7 Å². The molecule has 1 aliphatic heterocycles. The number of aromatic hydroxyl groups is 1. The van der Waals surface area contributed by atoms with Crippen LogP contribution >= 0.6 is 11.8 Å². The second kappa shape index (κ2) is 7.55. The molecule has 1 saturated heterocycles.